The summed E-state index contributed by atoms with van der Waals surface area (Å²) in [6.45, 7) is 0.517. The topological polar surface area (TPSA) is 92.9 Å². The number of pyridine rings is 1. The summed E-state index contributed by atoms with van der Waals surface area (Å²) >= 11 is 0. The van der Waals surface area contributed by atoms with E-state index in [1.807, 2.05) is 12.1 Å². The van der Waals surface area contributed by atoms with Gasteiger partial charge in [0, 0.05) is 12.4 Å². The molecule has 0 atom stereocenters. The third-order valence-corrected chi connectivity index (χ3v) is 2.85. The zero-order valence-electron chi connectivity index (χ0n) is 11.6. The van der Waals surface area contributed by atoms with Crippen LogP contribution in [0.5, 0.6) is 0 Å². The molecule has 7 nitrogen and oxygen atoms in total. The number of aromatic nitrogens is 3. The molecule has 22 heavy (non-hydrogen) atoms. The minimum absolute atomic E-state index is 0.279. The Morgan fingerprint density at radius 3 is 2.64 bits per heavy atom. The highest BCUT2D eigenvalue weighted by Gasteiger charge is 2.07. The van der Waals surface area contributed by atoms with Crippen molar-refractivity contribution < 1.29 is 9.21 Å². The molecule has 0 unspecified atom stereocenters. The predicted octanol–water partition coefficient (Wildman–Crippen LogP) is 2.33. The highest BCUT2D eigenvalue weighted by molar-refractivity contribution is 6.03. The lowest BCUT2D eigenvalue weighted by molar-refractivity contribution is 0.102. The van der Waals surface area contributed by atoms with E-state index in [1.54, 1.807) is 36.7 Å². The fraction of sp³-hybridized carbons (Fsp3) is 0.0667. The van der Waals surface area contributed by atoms with Gasteiger partial charge in [0.1, 0.15) is 11.6 Å². The standard InChI is InChI=1S/C15H13N5O2/c21-15(11-3-1-7-16-9-11)18-14-6-5-13(19-20-14)17-10-12-4-2-8-22-12/h1-9H,10H2,(H,17,19)(H,18,20,21). The second-order valence-electron chi connectivity index (χ2n) is 4.43. The van der Waals surface area contributed by atoms with E-state index in [9.17, 15) is 4.79 Å². The first kappa shape index (κ1) is 13.7. The van der Waals surface area contributed by atoms with Crippen molar-refractivity contribution in [1.29, 1.82) is 0 Å². The van der Waals surface area contributed by atoms with Crippen LogP contribution in [0, 0.1) is 0 Å². The van der Waals surface area contributed by atoms with Crippen LogP contribution in [0.25, 0.3) is 0 Å². The van der Waals surface area contributed by atoms with E-state index < -0.39 is 0 Å². The summed E-state index contributed by atoms with van der Waals surface area (Å²) in [6, 6.07) is 10.5. The van der Waals surface area contributed by atoms with E-state index in [1.165, 1.54) is 6.20 Å². The van der Waals surface area contributed by atoms with Gasteiger partial charge in [-0.1, -0.05) is 0 Å². The van der Waals surface area contributed by atoms with Crippen LogP contribution in [0.3, 0.4) is 0 Å². The maximum Gasteiger partial charge on any atom is 0.258 e. The maximum atomic E-state index is 11.9. The van der Waals surface area contributed by atoms with Crippen molar-refractivity contribution in [3.8, 4) is 0 Å². The summed E-state index contributed by atoms with van der Waals surface area (Å²) in [6.07, 6.45) is 4.71. The largest absolute Gasteiger partial charge is 0.467 e. The maximum absolute atomic E-state index is 11.9. The monoisotopic (exact) mass is 295 g/mol. The fourth-order valence-corrected chi connectivity index (χ4v) is 1.77. The molecule has 3 aromatic heterocycles. The van der Waals surface area contributed by atoms with Gasteiger partial charge < -0.3 is 15.1 Å². The number of amides is 1. The summed E-state index contributed by atoms with van der Waals surface area (Å²) < 4.78 is 5.21. The Balaban J connectivity index is 1.58. The molecule has 0 saturated heterocycles. The van der Waals surface area contributed by atoms with E-state index in [0.29, 0.717) is 23.7 Å². The second kappa shape index (κ2) is 6.49. The number of furan rings is 1. The minimum atomic E-state index is -0.279. The van der Waals surface area contributed by atoms with E-state index in [-0.39, 0.29) is 5.91 Å². The highest BCUT2D eigenvalue weighted by atomic mass is 16.3. The van der Waals surface area contributed by atoms with Crippen LogP contribution in [-0.2, 0) is 6.54 Å². The molecule has 3 aromatic rings. The van der Waals surface area contributed by atoms with Crippen LogP contribution in [-0.4, -0.2) is 21.1 Å². The Kier molecular flexibility index (Phi) is 4.05. The summed E-state index contributed by atoms with van der Waals surface area (Å²) in [5, 5.41) is 13.7. The van der Waals surface area contributed by atoms with Gasteiger partial charge >= 0.3 is 0 Å². The van der Waals surface area contributed by atoms with Crippen molar-refractivity contribution in [3.05, 3.63) is 66.4 Å². The van der Waals surface area contributed by atoms with E-state index in [4.69, 9.17) is 4.42 Å². The van der Waals surface area contributed by atoms with Gasteiger partial charge in [0.2, 0.25) is 0 Å². The molecule has 0 aliphatic rings. The number of nitrogens with one attached hydrogen (secondary N) is 2. The number of anilines is 2. The zero-order valence-corrected chi connectivity index (χ0v) is 11.6. The van der Waals surface area contributed by atoms with E-state index in [2.05, 4.69) is 25.8 Å². The van der Waals surface area contributed by atoms with E-state index in [0.717, 1.165) is 5.76 Å². The molecule has 0 aliphatic carbocycles. The van der Waals surface area contributed by atoms with Gasteiger partial charge in [-0.2, -0.15) is 0 Å². The van der Waals surface area contributed by atoms with Crippen LogP contribution in [0.4, 0.5) is 11.6 Å². The molecule has 1 amide bonds. The Hall–Kier alpha value is -3.22. The zero-order chi connectivity index (χ0) is 15.2. The van der Waals surface area contributed by atoms with Gasteiger partial charge in [0.15, 0.2) is 5.82 Å². The molecular formula is C15H13N5O2. The molecular weight excluding hydrogens is 282 g/mol. The average Bonchev–Trinajstić information content (AvgIpc) is 3.08. The molecule has 0 saturated carbocycles. The van der Waals surface area contributed by atoms with Crippen molar-refractivity contribution in [2.45, 2.75) is 6.54 Å². The number of carbonyl (C=O) groups excluding carboxylic acids is 1. The molecule has 0 radical (unpaired) electrons. The number of carbonyl (C=O) groups is 1. The van der Waals surface area contributed by atoms with E-state index >= 15 is 0 Å². The molecule has 110 valence electrons. The second-order valence-corrected chi connectivity index (χ2v) is 4.43. The van der Waals surface area contributed by atoms with Gasteiger partial charge in [-0.15, -0.1) is 10.2 Å². The predicted molar refractivity (Wildman–Crippen MR) is 80.3 cm³/mol. The molecule has 3 rings (SSSR count). The van der Waals surface area contributed by atoms with Crippen LogP contribution in [0.15, 0.2) is 59.5 Å². The van der Waals surface area contributed by atoms with Crippen molar-refractivity contribution in [3.63, 3.8) is 0 Å². The molecule has 0 aliphatic heterocycles. The third-order valence-electron chi connectivity index (χ3n) is 2.85. The lowest BCUT2D eigenvalue weighted by Gasteiger charge is -2.05. The van der Waals surface area contributed by atoms with Crippen molar-refractivity contribution in [2.75, 3.05) is 10.6 Å². The summed E-state index contributed by atoms with van der Waals surface area (Å²) in [5.74, 6) is 1.49. The number of hydrogen-bond acceptors (Lipinski definition) is 6. The van der Waals surface area contributed by atoms with Crippen molar-refractivity contribution >= 4 is 17.5 Å². The quantitative estimate of drug-likeness (QED) is 0.750. The molecule has 2 N–H and O–H groups in total. The first-order chi connectivity index (χ1) is 10.8. The van der Waals surface area contributed by atoms with Gasteiger partial charge in [0.25, 0.3) is 5.91 Å². The Labute approximate surface area is 126 Å². The van der Waals surface area contributed by atoms with Crippen LogP contribution >= 0.6 is 0 Å². The SMILES string of the molecule is O=C(Nc1ccc(NCc2ccco2)nn1)c1cccnc1. The summed E-state index contributed by atoms with van der Waals surface area (Å²) in [7, 11) is 0. The Bertz CT molecular complexity index is 726. The third kappa shape index (κ3) is 3.45. The highest BCUT2D eigenvalue weighted by Crippen LogP contribution is 2.09. The summed E-state index contributed by atoms with van der Waals surface area (Å²) in [4.78, 5) is 15.8. The summed E-state index contributed by atoms with van der Waals surface area (Å²) in [5.41, 5.74) is 0.462. The normalized spacial score (nSPS) is 10.2. The lowest BCUT2D eigenvalue weighted by Crippen LogP contribution is -2.13. The molecule has 7 heteroatoms. The van der Waals surface area contributed by atoms with Gasteiger partial charge in [-0.3, -0.25) is 9.78 Å². The lowest BCUT2D eigenvalue weighted by atomic mass is 10.3. The Morgan fingerprint density at radius 2 is 1.95 bits per heavy atom. The smallest absolute Gasteiger partial charge is 0.258 e. The average molecular weight is 295 g/mol. The molecule has 0 bridgehead atoms. The van der Waals surface area contributed by atoms with Crippen LogP contribution in [0.1, 0.15) is 16.1 Å². The number of nitrogens with zero attached hydrogens (tertiary/aromatic N) is 3. The van der Waals surface area contributed by atoms with Gasteiger partial charge in [-0.05, 0) is 36.4 Å². The van der Waals surface area contributed by atoms with Gasteiger partial charge in [0.05, 0.1) is 18.4 Å². The van der Waals surface area contributed by atoms with Crippen molar-refractivity contribution in [1.82, 2.24) is 15.2 Å². The Morgan fingerprint density at radius 1 is 1.09 bits per heavy atom. The first-order valence-electron chi connectivity index (χ1n) is 6.62. The molecule has 3 heterocycles. The van der Waals surface area contributed by atoms with Crippen molar-refractivity contribution in [2.24, 2.45) is 0 Å². The first-order valence-corrected chi connectivity index (χ1v) is 6.62. The number of rotatable bonds is 5. The van der Waals surface area contributed by atoms with Gasteiger partial charge in [-0.25, -0.2) is 0 Å². The van der Waals surface area contributed by atoms with Crippen LogP contribution in [0.2, 0.25) is 0 Å². The molecule has 0 spiro atoms. The number of hydrogen-bond donors (Lipinski definition) is 2. The molecule has 0 aromatic carbocycles. The van der Waals surface area contributed by atoms with Crippen LogP contribution < -0.4 is 10.6 Å². The molecule has 0 fully saturated rings. The fourth-order valence-electron chi connectivity index (χ4n) is 1.77. The minimum Gasteiger partial charge on any atom is -0.467 e.